The zero-order valence-electron chi connectivity index (χ0n) is 6.97. The van der Waals surface area contributed by atoms with Crippen molar-refractivity contribution in [3.05, 3.63) is 17.0 Å². The molecule has 4 nitrogen and oxygen atoms in total. The minimum Gasteiger partial charge on any atom is -0.275 e. The van der Waals surface area contributed by atoms with E-state index in [4.69, 9.17) is 23.2 Å². The molecule has 1 aromatic rings. The number of halogens is 2. The normalized spacial score (nSPS) is 10.2. The highest BCUT2D eigenvalue weighted by Gasteiger charge is 2.22. The van der Waals surface area contributed by atoms with Crippen LogP contribution in [-0.2, 0) is 7.05 Å². The van der Waals surface area contributed by atoms with Gasteiger partial charge in [0.1, 0.15) is 0 Å². The highest BCUT2D eigenvalue weighted by molar-refractivity contribution is 6.71. The van der Waals surface area contributed by atoms with Crippen molar-refractivity contribution in [2.45, 2.75) is 6.92 Å². The van der Waals surface area contributed by atoms with Crippen molar-refractivity contribution in [1.29, 1.82) is 0 Å². The maximum absolute atomic E-state index is 10.9. The highest BCUT2D eigenvalue weighted by atomic mass is 35.5. The minimum absolute atomic E-state index is 0.0733. The van der Waals surface area contributed by atoms with Gasteiger partial charge in [0.25, 0.3) is 10.5 Å². The Balaban J connectivity index is 3.44. The molecule has 0 aliphatic carbocycles. The molecule has 0 bridgehead atoms. The average Bonchev–Trinajstić information content (AvgIpc) is 2.28. The molecule has 0 unspecified atom stereocenters. The maximum Gasteiger partial charge on any atom is 0.273 e. The van der Waals surface area contributed by atoms with Gasteiger partial charge >= 0.3 is 0 Å². The third-order valence-electron chi connectivity index (χ3n) is 1.72. The molecule has 0 aliphatic heterocycles. The predicted octanol–water partition coefficient (Wildman–Crippen LogP) is 1.49. The lowest BCUT2D eigenvalue weighted by atomic mass is 10.2. The molecule has 0 N–H and O–H groups in total. The Hall–Kier alpha value is -0.870. The molecule has 0 atom stereocenters. The van der Waals surface area contributed by atoms with Gasteiger partial charge in [-0.1, -0.05) is 0 Å². The van der Waals surface area contributed by atoms with Crippen LogP contribution in [0, 0.1) is 6.92 Å². The van der Waals surface area contributed by atoms with Gasteiger partial charge in [0, 0.05) is 12.7 Å². The number of hydrogen-bond acceptors (Lipinski definition) is 3. The van der Waals surface area contributed by atoms with E-state index in [2.05, 4.69) is 5.10 Å². The highest BCUT2D eigenvalue weighted by Crippen LogP contribution is 2.16. The fraction of sp³-hybridized carbons (Fsp3) is 0.286. The number of carbonyl (C=O) groups is 2. The van der Waals surface area contributed by atoms with Crippen LogP contribution in [0.1, 0.15) is 26.5 Å². The van der Waals surface area contributed by atoms with E-state index < -0.39 is 10.5 Å². The molecule has 0 saturated carbocycles. The first-order chi connectivity index (χ1) is 5.95. The topological polar surface area (TPSA) is 52.0 Å². The molecule has 1 rings (SSSR count). The van der Waals surface area contributed by atoms with E-state index in [1.54, 1.807) is 14.0 Å². The van der Waals surface area contributed by atoms with Crippen molar-refractivity contribution in [2.24, 2.45) is 7.05 Å². The van der Waals surface area contributed by atoms with Gasteiger partial charge < -0.3 is 0 Å². The first-order valence-electron chi connectivity index (χ1n) is 3.38. The predicted molar refractivity (Wildman–Crippen MR) is 48.3 cm³/mol. The third kappa shape index (κ3) is 1.73. The van der Waals surface area contributed by atoms with Gasteiger partial charge in [-0.3, -0.25) is 14.3 Å². The summed E-state index contributed by atoms with van der Waals surface area (Å²) in [4.78, 5) is 21.7. The molecule has 0 amide bonds. The van der Waals surface area contributed by atoms with E-state index in [9.17, 15) is 9.59 Å². The van der Waals surface area contributed by atoms with Crippen LogP contribution in [0.3, 0.4) is 0 Å². The van der Waals surface area contributed by atoms with Gasteiger partial charge in [-0.15, -0.1) is 0 Å². The lowest BCUT2D eigenvalue weighted by molar-refractivity contribution is 0.104. The van der Waals surface area contributed by atoms with Crippen molar-refractivity contribution in [2.75, 3.05) is 0 Å². The third-order valence-corrected chi connectivity index (χ3v) is 2.08. The standard InChI is InChI=1S/C7H6Cl2N2O2/c1-3-4(6(8)12)5(7(9)13)10-11(3)2/h1-2H3. The quantitative estimate of drug-likeness (QED) is 0.710. The summed E-state index contributed by atoms with van der Waals surface area (Å²) in [7, 11) is 1.60. The van der Waals surface area contributed by atoms with Crippen LogP contribution < -0.4 is 0 Å². The molecule has 0 aliphatic rings. The zero-order chi connectivity index (χ0) is 10.2. The largest absolute Gasteiger partial charge is 0.275 e. The second-order valence-electron chi connectivity index (χ2n) is 2.48. The minimum atomic E-state index is -0.785. The van der Waals surface area contributed by atoms with Crippen molar-refractivity contribution in [1.82, 2.24) is 9.78 Å². The Morgan fingerprint density at radius 3 is 2.15 bits per heavy atom. The summed E-state index contributed by atoms with van der Waals surface area (Å²) >= 11 is 10.5. The number of carbonyl (C=O) groups excluding carboxylic acids is 2. The lowest BCUT2D eigenvalue weighted by Gasteiger charge is -1.93. The molecule has 1 aromatic heterocycles. The number of hydrogen-bond donors (Lipinski definition) is 0. The fourth-order valence-corrected chi connectivity index (χ4v) is 1.34. The average molecular weight is 221 g/mol. The van der Waals surface area contributed by atoms with Gasteiger partial charge in [0.15, 0.2) is 5.69 Å². The molecule has 6 heteroatoms. The molecule has 0 radical (unpaired) electrons. The van der Waals surface area contributed by atoms with Gasteiger partial charge in [0.05, 0.1) is 5.56 Å². The molecular formula is C7H6Cl2N2O2. The van der Waals surface area contributed by atoms with E-state index in [1.165, 1.54) is 4.68 Å². The molecule has 0 spiro atoms. The van der Waals surface area contributed by atoms with E-state index in [1.807, 2.05) is 0 Å². The summed E-state index contributed by atoms with van der Waals surface area (Å²) in [6, 6.07) is 0. The fourth-order valence-electron chi connectivity index (χ4n) is 0.981. The van der Waals surface area contributed by atoms with Crippen LogP contribution in [0.15, 0.2) is 0 Å². The summed E-state index contributed by atoms with van der Waals surface area (Å²) in [6.07, 6.45) is 0. The lowest BCUT2D eigenvalue weighted by Crippen LogP contribution is -1.99. The summed E-state index contributed by atoms with van der Waals surface area (Å²) in [5.41, 5.74) is 0.495. The van der Waals surface area contributed by atoms with Crippen LogP contribution in [0.5, 0.6) is 0 Å². The van der Waals surface area contributed by atoms with Crippen molar-refractivity contribution >= 4 is 33.7 Å². The Morgan fingerprint density at radius 1 is 1.31 bits per heavy atom. The van der Waals surface area contributed by atoms with E-state index >= 15 is 0 Å². The van der Waals surface area contributed by atoms with Gasteiger partial charge in [-0.25, -0.2) is 0 Å². The van der Waals surface area contributed by atoms with E-state index in [-0.39, 0.29) is 11.3 Å². The van der Waals surface area contributed by atoms with Crippen LogP contribution in [-0.4, -0.2) is 20.3 Å². The van der Waals surface area contributed by atoms with Crippen LogP contribution in [0.4, 0.5) is 0 Å². The Kier molecular flexibility index (Phi) is 2.73. The smallest absolute Gasteiger partial charge is 0.273 e. The van der Waals surface area contributed by atoms with Crippen molar-refractivity contribution in [3.63, 3.8) is 0 Å². The van der Waals surface area contributed by atoms with Gasteiger partial charge in [-0.2, -0.15) is 5.10 Å². The number of aryl methyl sites for hydroxylation is 1. The maximum atomic E-state index is 10.9. The van der Waals surface area contributed by atoms with E-state index in [0.717, 1.165) is 0 Å². The van der Waals surface area contributed by atoms with Gasteiger partial charge in [0.2, 0.25) is 0 Å². The molecule has 1 heterocycles. The number of aromatic nitrogens is 2. The van der Waals surface area contributed by atoms with Gasteiger partial charge in [-0.05, 0) is 30.1 Å². The molecular weight excluding hydrogens is 215 g/mol. The van der Waals surface area contributed by atoms with E-state index in [0.29, 0.717) is 5.69 Å². The summed E-state index contributed by atoms with van der Waals surface area (Å²) in [6.45, 7) is 1.63. The second-order valence-corrected chi connectivity index (χ2v) is 3.17. The van der Waals surface area contributed by atoms with Crippen molar-refractivity contribution < 1.29 is 9.59 Å². The summed E-state index contributed by atoms with van der Waals surface area (Å²) in [5.74, 6) is 0. The Labute approximate surface area is 84.4 Å². The van der Waals surface area contributed by atoms with Crippen molar-refractivity contribution in [3.8, 4) is 0 Å². The number of rotatable bonds is 2. The molecule has 0 fully saturated rings. The second kappa shape index (κ2) is 3.47. The SMILES string of the molecule is Cc1c(C(=O)Cl)c(C(=O)Cl)nn1C. The monoisotopic (exact) mass is 220 g/mol. The summed E-state index contributed by atoms with van der Waals surface area (Å²) < 4.78 is 1.38. The molecule has 0 aromatic carbocycles. The first kappa shape index (κ1) is 10.2. The molecule has 13 heavy (non-hydrogen) atoms. The summed E-state index contributed by atoms with van der Waals surface area (Å²) in [5, 5.41) is 2.25. The first-order valence-corrected chi connectivity index (χ1v) is 4.14. The molecule has 70 valence electrons. The Morgan fingerprint density at radius 2 is 1.85 bits per heavy atom. The van der Waals surface area contributed by atoms with Crippen LogP contribution in [0.25, 0.3) is 0 Å². The Bertz CT molecular complexity index is 384. The van der Waals surface area contributed by atoms with Crippen LogP contribution >= 0.6 is 23.2 Å². The van der Waals surface area contributed by atoms with Crippen LogP contribution in [0.2, 0.25) is 0 Å². The number of nitrogens with zero attached hydrogens (tertiary/aromatic N) is 2. The molecule has 0 saturated heterocycles. The zero-order valence-corrected chi connectivity index (χ0v) is 8.48.